The van der Waals surface area contributed by atoms with Gasteiger partial charge in [-0.25, -0.2) is 8.78 Å². The van der Waals surface area contributed by atoms with Gasteiger partial charge in [0.25, 0.3) is 5.92 Å². The minimum absolute atomic E-state index is 0.0620. The summed E-state index contributed by atoms with van der Waals surface area (Å²) in [4.78, 5) is 22.0. The molecule has 4 atom stereocenters. The van der Waals surface area contributed by atoms with Crippen LogP contribution in [0.4, 0.5) is 46.5 Å². The van der Waals surface area contributed by atoms with Crippen LogP contribution >= 0.6 is 0 Å². The molecule has 0 bridgehead atoms. The number of carbonyl (C=O) groups excluding carboxylic acids is 1. The molecule has 2 aromatic carbocycles. The molecule has 51 heavy (non-hydrogen) atoms. The van der Waals surface area contributed by atoms with Crippen LogP contribution in [0.3, 0.4) is 0 Å². The molecule has 5 saturated heterocycles. The first-order chi connectivity index (χ1) is 24.2. The van der Waals surface area contributed by atoms with Crippen molar-refractivity contribution in [3.8, 4) is 0 Å². The highest BCUT2D eigenvalue weighted by molar-refractivity contribution is 5.53. The largest absolute Gasteiger partial charge is 0.416 e. The number of nitrogens with one attached hydrogen (secondary N) is 2. The van der Waals surface area contributed by atoms with E-state index in [0.717, 1.165) is 24.3 Å². The SMILES string of the molecule is O=CN1CCC(F)(F)C1([C@@H]1C[C@H](N2CCN(c3cccc(C(F)(F)F)c3)CC2)CN1)[C@@H]1C[C@H](N2CCN(c3cccc(C(F)(F)F)c3)CC2)CN1. The van der Waals surface area contributed by atoms with Crippen LogP contribution in [0, 0.1) is 0 Å². The molecule has 2 N–H and O–H groups in total. The number of benzene rings is 2. The van der Waals surface area contributed by atoms with Crippen molar-refractivity contribution < 1.29 is 39.9 Å². The second-order valence-corrected chi connectivity index (χ2v) is 14.4. The standard InChI is InChI=1S/C35H43F8N7O/c36-32(37)7-8-50(23-51)33(32,30-19-28(21-44-30)48-13-9-46(10-14-48)26-5-1-3-24(17-26)34(38,39)40)31-20-29(22-45-31)49-15-11-47(12-16-49)27-6-2-4-25(18-27)35(41,42)43/h1-6,17-18,23,28-31,44-45H,7-16,19-22H2/t28-,29-,30-,31-/m0/s1. The first-order valence-electron chi connectivity index (χ1n) is 17.6. The molecule has 5 heterocycles. The Morgan fingerprint density at radius 2 is 1.08 bits per heavy atom. The summed E-state index contributed by atoms with van der Waals surface area (Å²) in [5, 5.41) is 6.77. The number of piperazine rings is 2. The van der Waals surface area contributed by atoms with E-state index in [9.17, 15) is 31.1 Å². The monoisotopic (exact) mass is 729 g/mol. The summed E-state index contributed by atoms with van der Waals surface area (Å²) in [6, 6.07) is 8.98. The lowest BCUT2D eigenvalue weighted by Gasteiger charge is -2.49. The van der Waals surface area contributed by atoms with Crippen LogP contribution in [0.15, 0.2) is 48.5 Å². The van der Waals surface area contributed by atoms with Crippen molar-refractivity contribution in [2.24, 2.45) is 0 Å². The zero-order valence-electron chi connectivity index (χ0n) is 28.1. The Morgan fingerprint density at radius 1 is 0.647 bits per heavy atom. The summed E-state index contributed by atoms with van der Waals surface area (Å²) in [5.41, 5.74) is -2.20. The van der Waals surface area contributed by atoms with E-state index in [1.165, 1.54) is 17.0 Å². The molecule has 0 unspecified atom stereocenters. The molecule has 2 aromatic rings. The average molecular weight is 730 g/mol. The van der Waals surface area contributed by atoms with E-state index < -0.39 is 53.4 Å². The molecule has 280 valence electrons. The smallest absolute Gasteiger partial charge is 0.369 e. The Labute approximate surface area is 291 Å². The number of alkyl halides is 8. The van der Waals surface area contributed by atoms with Gasteiger partial charge in [0.2, 0.25) is 6.41 Å². The molecule has 5 fully saturated rings. The van der Waals surface area contributed by atoms with Gasteiger partial charge < -0.3 is 25.3 Å². The van der Waals surface area contributed by atoms with Crippen molar-refractivity contribution >= 4 is 17.8 Å². The third-order valence-corrected chi connectivity index (χ3v) is 11.9. The van der Waals surface area contributed by atoms with Crippen molar-refractivity contribution in [3.63, 3.8) is 0 Å². The van der Waals surface area contributed by atoms with Crippen LogP contribution in [0.25, 0.3) is 0 Å². The Kier molecular flexibility index (Phi) is 9.68. The van der Waals surface area contributed by atoms with Crippen molar-refractivity contribution in [1.29, 1.82) is 0 Å². The lowest BCUT2D eigenvalue weighted by atomic mass is 9.75. The Hall–Kier alpha value is -3.21. The zero-order chi connectivity index (χ0) is 36.2. The number of hydrogen-bond donors (Lipinski definition) is 2. The highest BCUT2D eigenvalue weighted by Gasteiger charge is 2.70. The molecule has 5 aliphatic heterocycles. The summed E-state index contributed by atoms with van der Waals surface area (Å²) >= 11 is 0. The van der Waals surface area contributed by atoms with Gasteiger partial charge in [-0.15, -0.1) is 0 Å². The zero-order valence-corrected chi connectivity index (χ0v) is 28.1. The van der Waals surface area contributed by atoms with E-state index in [4.69, 9.17) is 0 Å². The molecular weight excluding hydrogens is 686 g/mol. The molecule has 0 saturated carbocycles. The number of anilines is 2. The quantitative estimate of drug-likeness (QED) is 0.325. The molecule has 0 radical (unpaired) electrons. The summed E-state index contributed by atoms with van der Waals surface area (Å²) < 4.78 is 113. The number of halogens is 8. The highest BCUT2D eigenvalue weighted by atomic mass is 19.4. The van der Waals surface area contributed by atoms with E-state index in [1.807, 2.05) is 9.80 Å². The van der Waals surface area contributed by atoms with Crippen molar-refractivity contribution in [2.75, 3.05) is 81.8 Å². The number of amides is 1. The van der Waals surface area contributed by atoms with E-state index in [0.29, 0.717) is 96.1 Å². The topological polar surface area (TPSA) is 57.3 Å². The van der Waals surface area contributed by atoms with Crippen LogP contribution in [0.1, 0.15) is 30.4 Å². The van der Waals surface area contributed by atoms with Crippen LogP contribution < -0.4 is 20.4 Å². The minimum atomic E-state index is -4.44. The van der Waals surface area contributed by atoms with Gasteiger partial charge in [-0.2, -0.15) is 26.3 Å². The van der Waals surface area contributed by atoms with E-state index in [1.54, 1.807) is 12.1 Å². The van der Waals surface area contributed by atoms with E-state index >= 15 is 8.78 Å². The fraction of sp³-hybridized carbons (Fsp3) is 0.629. The maximum absolute atomic E-state index is 16.4. The second kappa shape index (κ2) is 13.6. The van der Waals surface area contributed by atoms with Crippen molar-refractivity contribution in [3.05, 3.63) is 59.7 Å². The van der Waals surface area contributed by atoms with Crippen LogP contribution in [-0.4, -0.2) is 129 Å². The highest BCUT2D eigenvalue weighted by Crippen LogP contribution is 2.51. The maximum Gasteiger partial charge on any atom is 0.416 e. The van der Waals surface area contributed by atoms with Crippen LogP contribution in [0.5, 0.6) is 0 Å². The van der Waals surface area contributed by atoms with E-state index in [2.05, 4.69) is 20.4 Å². The van der Waals surface area contributed by atoms with Gasteiger partial charge in [-0.05, 0) is 49.2 Å². The predicted octanol–water partition coefficient (Wildman–Crippen LogP) is 4.37. The van der Waals surface area contributed by atoms with Crippen LogP contribution in [-0.2, 0) is 17.1 Å². The number of likely N-dealkylation sites (tertiary alicyclic amines) is 1. The van der Waals surface area contributed by atoms with Gasteiger partial charge in [0, 0.05) is 114 Å². The van der Waals surface area contributed by atoms with Gasteiger partial charge in [-0.1, -0.05) is 12.1 Å². The molecule has 0 spiro atoms. The first-order valence-corrected chi connectivity index (χ1v) is 17.6. The first kappa shape index (κ1) is 36.2. The lowest BCUT2D eigenvalue weighted by molar-refractivity contribution is -0.147. The molecule has 5 aliphatic rings. The molecule has 7 rings (SSSR count). The third kappa shape index (κ3) is 6.77. The fourth-order valence-electron chi connectivity index (χ4n) is 9.26. The second-order valence-electron chi connectivity index (χ2n) is 14.4. The summed E-state index contributed by atoms with van der Waals surface area (Å²) in [6.07, 6.45) is -7.98. The van der Waals surface area contributed by atoms with Crippen molar-refractivity contribution in [2.45, 2.75) is 67.2 Å². The van der Waals surface area contributed by atoms with Gasteiger partial charge in [0.05, 0.1) is 11.1 Å². The summed E-state index contributed by atoms with van der Waals surface area (Å²) in [6.45, 7) is 5.08. The van der Waals surface area contributed by atoms with Crippen LogP contribution in [0.2, 0.25) is 0 Å². The fourth-order valence-corrected chi connectivity index (χ4v) is 9.26. The number of nitrogens with zero attached hydrogens (tertiary/aromatic N) is 5. The lowest BCUT2D eigenvalue weighted by Crippen LogP contribution is -2.72. The molecule has 0 aromatic heterocycles. The third-order valence-electron chi connectivity index (χ3n) is 11.9. The van der Waals surface area contributed by atoms with Gasteiger partial charge in [0.15, 0.2) is 0 Å². The summed E-state index contributed by atoms with van der Waals surface area (Å²) in [5.74, 6) is -3.17. The molecule has 1 amide bonds. The van der Waals surface area contributed by atoms with Gasteiger partial charge >= 0.3 is 12.4 Å². The molecule has 0 aliphatic carbocycles. The Bertz CT molecular complexity index is 1440. The summed E-state index contributed by atoms with van der Waals surface area (Å²) in [7, 11) is 0. The van der Waals surface area contributed by atoms with Gasteiger partial charge in [-0.3, -0.25) is 14.6 Å². The average Bonchev–Trinajstić information content (AvgIpc) is 3.86. The number of carbonyl (C=O) groups is 1. The molecular formula is C35H43F8N7O. The predicted molar refractivity (Wildman–Crippen MR) is 176 cm³/mol. The number of hydrogen-bond acceptors (Lipinski definition) is 7. The van der Waals surface area contributed by atoms with E-state index in [-0.39, 0.29) is 18.6 Å². The Morgan fingerprint density at radius 3 is 1.47 bits per heavy atom. The number of rotatable bonds is 7. The normalized spacial score (nSPS) is 29.2. The molecule has 8 nitrogen and oxygen atoms in total. The molecule has 16 heteroatoms. The van der Waals surface area contributed by atoms with Gasteiger partial charge in [0.1, 0.15) is 5.54 Å². The Balaban J connectivity index is 1.00. The maximum atomic E-state index is 16.4. The minimum Gasteiger partial charge on any atom is -0.369 e. The van der Waals surface area contributed by atoms with Crippen molar-refractivity contribution in [1.82, 2.24) is 25.3 Å².